The molecule has 0 bridgehead atoms. The average Bonchev–Trinajstić information content (AvgIpc) is 3.03. The van der Waals surface area contributed by atoms with Gasteiger partial charge in [-0.25, -0.2) is 14.8 Å². The molecule has 0 spiro atoms. The Balaban J connectivity index is 2.16. The van der Waals surface area contributed by atoms with Crippen LogP contribution in [-0.2, 0) is 9.53 Å². The van der Waals surface area contributed by atoms with Crippen LogP contribution in [0.4, 0.5) is 0 Å². The summed E-state index contributed by atoms with van der Waals surface area (Å²) in [7, 11) is 1.27. The summed E-state index contributed by atoms with van der Waals surface area (Å²) < 4.78 is 4.58. The van der Waals surface area contributed by atoms with Crippen molar-refractivity contribution in [1.29, 1.82) is 0 Å². The number of ether oxygens (including phenoxy) is 1. The van der Waals surface area contributed by atoms with Gasteiger partial charge in [-0.05, 0) is 25.5 Å². The highest BCUT2D eigenvalue weighted by molar-refractivity contribution is 5.96. The second-order valence-electron chi connectivity index (χ2n) is 4.67. The molecule has 22 heavy (non-hydrogen) atoms. The van der Waals surface area contributed by atoms with E-state index in [0.29, 0.717) is 13.1 Å². The van der Waals surface area contributed by atoms with Gasteiger partial charge in [0, 0.05) is 25.4 Å². The fraction of sp³-hybridized carbons (Fsp3) is 0.333. The number of methoxy groups -OCH3 is 1. The highest BCUT2D eigenvalue weighted by atomic mass is 16.5. The van der Waals surface area contributed by atoms with Crippen LogP contribution >= 0.6 is 0 Å². The number of aromatic nitrogens is 1. The van der Waals surface area contributed by atoms with Crippen molar-refractivity contribution < 1.29 is 19.1 Å². The van der Waals surface area contributed by atoms with Crippen molar-refractivity contribution >= 4 is 17.8 Å². The van der Waals surface area contributed by atoms with Gasteiger partial charge in [0.05, 0.1) is 12.7 Å². The zero-order chi connectivity index (χ0) is 16.1. The summed E-state index contributed by atoms with van der Waals surface area (Å²) in [6.45, 7) is 2.70. The molecule has 0 N–H and O–H groups in total. The number of hydrazine groups is 1. The molecular formula is C15H17N3O4. The molecule has 1 aromatic heterocycles. The lowest BCUT2D eigenvalue weighted by Gasteiger charge is -2.26. The second-order valence-corrected chi connectivity index (χ2v) is 4.67. The first-order chi connectivity index (χ1) is 10.6. The number of carbonyl (C=O) groups is 3. The molecule has 0 aliphatic carbocycles. The summed E-state index contributed by atoms with van der Waals surface area (Å²) in [6, 6.07) is 2.92. The van der Waals surface area contributed by atoms with Crippen LogP contribution in [0.5, 0.6) is 0 Å². The monoisotopic (exact) mass is 303 g/mol. The molecule has 0 saturated carbocycles. The maximum Gasteiger partial charge on any atom is 0.339 e. The molecule has 7 heteroatoms. The Hall–Kier alpha value is -2.70. The molecule has 1 saturated heterocycles. The lowest BCUT2D eigenvalue weighted by molar-refractivity contribution is -0.135. The molecular weight excluding hydrogens is 286 g/mol. The van der Waals surface area contributed by atoms with Crippen LogP contribution in [0.25, 0.3) is 0 Å². The van der Waals surface area contributed by atoms with E-state index < -0.39 is 5.97 Å². The zero-order valence-corrected chi connectivity index (χ0v) is 12.5. The number of hydrogen-bond acceptors (Lipinski definition) is 5. The number of allylic oxidation sites excluding steroid dienone is 1. The number of carbonyl (C=O) groups excluding carboxylic acids is 3. The molecule has 2 amide bonds. The Morgan fingerprint density at radius 2 is 1.95 bits per heavy atom. The van der Waals surface area contributed by atoms with Gasteiger partial charge in [-0.1, -0.05) is 6.08 Å². The number of hydrogen-bond donors (Lipinski definition) is 0. The Bertz CT molecular complexity index is 610. The summed E-state index contributed by atoms with van der Waals surface area (Å²) in [5, 5.41) is 2.78. The molecule has 1 aliphatic heterocycles. The van der Waals surface area contributed by atoms with Gasteiger partial charge in [0.15, 0.2) is 0 Å². The molecule has 2 rings (SSSR count). The molecule has 1 aliphatic rings. The van der Waals surface area contributed by atoms with Gasteiger partial charge in [0.25, 0.3) is 11.8 Å². The summed E-state index contributed by atoms with van der Waals surface area (Å²) >= 11 is 0. The Kier molecular flexibility index (Phi) is 4.88. The van der Waals surface area contributed by atoms with Crippen molar-refractivity contribution in [1.82, 2.24) is 15.0 Å². The highest BCUT2D eigenvalue weighted by Gasteiger charge is 2.30. The van der Waals surface area contributed by atoms with Gasteiger partial charge in [0.1, 0.15) is 5.69 Å². The van der Waals surface area contributed by atoms with E-state index in [0.717, 1.165) is 6.42 Å². The molecule has 0 unspecified atom stereocenters. The quantitative estimate of drug-likeness (QED) is 0.615. The molecule has 1 aromatic rings. The van der Waals surface area contributed by atoms with Crippen molar-refractivity contribution in [2.45, 2.75) is 13.3 Å². The van der Waals surface area contributed by atoms with Crippen LogP contribution in [0, 0.1) is 0 Å². The summed E-state index contributed by atoms with van der Waals surface area (Å²) in [5.74, 6) is -1.12. The van der Waals surface area contributed by atoms with E-state index >= 15 is 0 Å². The largest absolute Gasteiger partial charge is 0.465 e. The summed E-state index contributed by atoms with van der Waals surface area (Å²) in [5.41, 5.74) is 0.440. The fourth-order valence-electron chi connectivity index (χ4n) is 2.17. The minimum absolute atomic E-state index is 0.174. The molecule has 7 nitrogen and oxygen atoms in total. The SMILES string of the molecule is CC=CC(=O)N1CCCN1C(=O)c1ccc(C(=O)OC)cn1. The van der Waals surface area contributed by atoms with Gasteiger partial charge >= 0.3 is 5.97 Å². The van der Waals surface area contributed by atoms with Crippen LogP contribution in [0.15, 0.2) is 30.5 Å². The number of pyridine rings is 1. The van der Waals surface area contributed by atoms with E-state index in [4.69, 9.17) is 0 Å². The van der Waals surface area contributed by atoms with Gasteiger partial charge in [-0.2, -0.15) is 0 Å². The summed E-state index contributed by atoms with van der Waals surface area (Å²) in [6.07, 6.45) is 5.05. The highest BCUT2D eigenvalue weighted by Crippen LogP contribution is 2.15. The van der Waals surface area contributed by atoms with Crippen LogP contribution < -0.4 is 0 Å². The third-order valence-corrected chi connectivity index (χ3v) is 3.23. The molecule has 0 atom stereocenters. The number of amides is 2. The summed E-state index contributed by atoms with van der Waals surface area (Å²) in [4.78, 5) is 39.7. The number of rotatable bonds is 3. The average molecular weight is 303 g/mol. The van der Waals surface area contributed by atoms with Crippen molar-refractivity contribution in [3.8, 4) is 0 Å². The van der Waals surface area contributed by atoms with E-state index in [1.54, 1.807) is 13.0 Å². The lowest BCUT2D eigenvalue weighted by Crippen LogP contribution is -2.44. The van der Waals surface area contributed by atoms with Crippen LogP contribution in [-0.4, -0.2) is 53.0 Å². The second kappa shape index (κ2) is 6.84. The predicted molar refractivity (Wildman–Crippen MR) is 77.8 cm³/mol. The third kappa shape index (κ3) is 3.13. The predicted octanol–water partition coefficient (Wildman–Crippen LogP) is 1.03. The van der Waals surface area contributed by atoms with Gasteiger partial charge in [0.2, 0.25) is 0 Å². The number of esters is 1. The van der Waals surface area contributed by atoms with Crippen molar-refractivity contribution in [2.24, 2.45) is 0 Å². The molecule has 1 fully saturated rings. The van der Waals surface area contributed by atoms with E-state index in [1.807, 2.05) is 0 Å². The molecule has 116 valence electrons. The Morgan fingerprint density at radius 3 is 2.55 bits per heavy atom. The lowest BCUT2D eigenvalue weighted by atomic mass is 10.2. The standard InChI is InChI=1S/C15H17N3O4/c1-3-5-13(19)17-8-4-9-18(17)14(20)12-7-6-11(10-16-12)15(21)22-2/h3,5-7,10H,4,8-9H2,1-2H3. The van der Waals surface area contributed by atoms with Gasteiger partial charge in [-0.3, -0.25) is 14.6 Å². The maximum absolute atomic E-state index is 12.4. The van der Waals surface area contributed by atoms with E-state index in [-0.39, 0.29) is 23.1 Å². The smallest absolute Gasteiger partial charge is 0.339 e. The first kappa shape index (κ1) is 15.7. The zero-order valence-electron chi connectivity index (χ0n) is 12.5. The van der Waals surface area contributed by atoms with Gasteiger partial charge in [-0.15, -0.1) is 0 Å². The van der Waals surface area contributed by atoms with Gasteiger partial charge < -0.3 is 4.74 Å². The van der Waals surface area contributed by atoms with Crippen molar-refractivity contribution in [3.05, 3.63) is 41.7 Å². The van der Waals surface area contributed by atoms with Crippen LogP contribution in [0.3, 0.4) is 0 Å². The van der Waals surface area contributed by atoms with Crippen LogP contribution in [0.1, 0.15) is 34.2 Å². The third-order valence-electron chi connectivity index (χ3n) is 3.23. The van der Waals surface area contributed by atoms with Crippen molar-refractivity contribution in [2.75, 3.05) is 20.2 Å². The van der Waals surface area contributed by atoms with E-state index in [1.165, 1.54) is 41.5 Å². The first-order valence-corrected chi connectivity index (χ1v) is 6.88. The number of nitrogens with zero attached hydrogens (tertiary/aromatic N) is 3. The minimum atomic E-state index is -0.516. The van der Waals surface area contributed by atoms with E-state index in [2.05, 4.69) is 9.72 Å². The van der Waals surface area contributed by atoms with Crippen LogP contribution in [0.2, 0.25) is 0 Å². The Labute approximate surface area is 128 Å². The van der Waals surface area contributed by atoms with E-state index in [9.17, 15) is 14.4 Å². The molecule has 0 radical (unpaired) electrons. The molecule has 2 heterocycles. The Morgan fingerprint density at radius 1 is 1.23 bits per heavy atom. The molecule has 0 aromatic carbocycles. The normalized spacial score (nSPS) is 14.5. The first-order valence-electron chi connectivity index (χ1n) is 6.88. The topological polar surface area (TPSA) is 79.8 Å². The maximum atomic E-state index is 12.4. The minimum Gasteiger partial charge on any atom is -0.465 e. The van der Waals surface area contributed by atoms with Crippen molar-refractivity contribution in [3.63, 3.8) is 0 Å². The fourth-order valence-corrected chi connectivity index (χ4v) is 2.17.